The molecule has 1 rings (SSSR count). The summed E-state index contributed by atoms with van der Waals surface area (Å²) in [6.45, 7) is 0. The van der Waals surface area contributed by atoms with E-state index in [4.69, 9.17) is 10.5 Å². The number of amides is 1. The van der Waals surface area contributed by atoms with Gasteiger partial charge in [-0.15, -0.1) is 0 Å². The summed E-state index contributed by atoms with van der Waals surface area (Å²) < 4.78 is 28.2. The summed E-state index contributed by atoms with van der Waals surface area (Å²) in [6, 6.07) is 2.71. The van der Waals surface area contributed by atoms with Crippen LogP contribution in [-0.2, 0) is 10.0 Å². The zero-order valence-corrected chi connectivity index (χ0v) is 9.54. The van der Waals surface area contributed by atoms with Crippen LogP contribution in [0.25, 0.3) is 0 Å². The van der Waals surface area contributed by atoms with Crippen molar-refractivity contribution in [2.45, 2.75) is 0 Å². The van der Waals surface area contributed by atoms with E-state index >= 15 is 0 Å². The molecule has 0 spiro atoms. The lowest BCUT2D eigenvalue weighted by molar-refractivity contribution is 0.0976. The maximum absolute atomic E-state index is 11.4. The Morgan fingerprint density at radius 2 is 2.12 bits per heavy atom. The largest absolute Gasteiger partial charge is 0.480 e. The highest BCUT2D eigenvalue weighted by Gasteiger charge is 2.14. The summed E-state index contributed by atoms with van der Waals surface area (Å²) >= 11 is 0. The molecular formula is C8H11N3O4S. The van der Waals surface area contributed by atoms with E-state index in [9.17, 15) is 13.2 Å². The number of aromatic nitrogens is 1. The summed E-state index contributed by atoms with van der Waals surface area (Å²) in [4.78, 5) is 15.1. The molecule has 0 saturated carbocycles. The van der Waals surface area contributed by atoms with Crippen LogP contribution in [0.2, 0.25) is 0 Å². The van der Waals surface area contributed by atoms with Gasteiger partial charge in [-0.2, -0.15) is 0 Å². The van der Waals surface area contributed by atoms with Crippen molar-refractivity contribution in [2.24, 2.45) is 0 Å². The topological polar surface area (TPSA) is 111 Å². The Morgan fingerprint density at radius 3 is 2.62 bits per heavy atom. The molecule has 0 saturated heterocycles. The SMILES string of the molecule is COc1nc(C(=O)NS(C)(=O)=O)ccc1N. The van der Waals surface area contributed by atoms with Crippen molar-refractivity contribution in [3.8, 4) is 5.88 Å². The van der Waals surface area contributed by atoms with Crippen molar-refractivity contribution in [2.75, 3.05) is 19.1 Å². The minimum atomic E-state index is -3.61. The lowest BCUT2D eigenvalue weighted by Gasteiger charge is -2.05. The van der Waals surface area contributed by atoms with Crippen molar-refractivity contribution in [1.29, 1.82) is 0 Å². The van der Waals surface area contributed by atoms with Crippen molar-refractivity contribution < 1.29 is 17.9 Å². The first kappa shape index (κ1) is 12.2. The number of hydrogen-bond acceptors (Lipinski definition) is 6. The molecule has 0 aliphatic rings. The molecule has 7 nitrogen and oxygen atoms in total. The Morgan fingerprint density at radius 1 is 1.50 bits per heavy atom. The van der Waals surface area contributed by atoms with Crippen LogP contribution in [0.5, 0.6) is 5.88 Å². The molecule has 0 unspecified atom stereocenters. The molecule has 1 heterocycles. The summed E-state index contributed by atoms with van der Waals surface area (Å²) in [5.74, 6) is -0.762. The molecule has 1 amide bonds. The number of nitrogens with one attached hydrogen (secondary N) is 1. The predicted octanol–water partition coefficient (Wildman–Crippen LogP) is -0.638. The Hall–Kier alpha value is -1.83. The van der Waals surface area contributed by atoms with Crippen LogP contribution in [0.3, 0.4) is 0 Å². The second kappa shape index (κ2) is 4.35. The molecule has 1 aromatic heterocycles. The van der Waals surface area contributed by atoms with E-state index in [1.54, 1.807) is 4.72 Å². The molecular weight excluding hydrogens is 234 g/mol. The van der Waals surface area contributed by atoms with Gasteiger partial charge in [0.2, 0.25) is 15.9 Å². The van der Waals surface area contributed by atoms with Gasteiger partial charge in [-0.05, 0) is 12.1 Å². The summed E-state index contributed by atoms with van der Waals surface area (Å²) in [7, 11) is -2.27. The molecule has 1 aromatic rings. The van der Waals surface area contributed by atoms with Crippen molar-refractivity contribution >= 4 is 21.6 Å². The number of sulfonamides is 1. The first-order valence-electron chi connectivity index (χ1n) is 4.16. The van der Waals surface area contributed by atoms with E-state index in [-0.39, 0.29) is 17.3 Å². The fraction of sp³-hybridized carbons (Fsp3) is 0.250. The number of carbonyl (C=O) groups is 1. The minimum absolute atomic E-state index is 0.0705. The highest BCUT2D eigenvalue weighted by molar-refractivity contribution is 7.89. The van der Waals surface area contributed by atoms with E-state index in [2.05, 4.69) is 4.98 Å². The van der Waals surface area contributed by atoms with Gasteiger partial charge in [-0.25, -0.2) is 18.1 Å². The summed E-state index contributed by atoms with van der Waals surface area (Å²) in [6.07, 6.45) is 0.874. The van der Waals surface area contributed by atoms with E-state index in [0.29, 0.717) is 0 Å². The normalized spacial score (nSPS) is 10.9. The van der Waals surface area contributed by atoms with Crippen molar-refractivity contribution in [1.82, 2.24) is 9.71 Å². The number of ether oxygens (including phenoxy) is 1. The average molecular weight is 245 g/mol. The molecule has 88 valence electrons. The van der Waals surface area contributed by atoms with Crippen LogP contribution in [0.1, 0.15) is 10.5 Å². The van der Waals surface area contributed by atoms with Crippen molar-refractivity contribution in [3.63, 3.8) is 0 Å². The number of nitrogens with zero attached hydrogens (tertiary/aromatic N) is 1. The Kier molecular flexibility index (Phi) is 3.33. The summed E-state index contributed by atoms with van der Waals surface area (Å²) in [5.41, 5.74) is 5.67. The van der Waals surface area contributed by atoms with Crippen LogP contribution in [0.4, 0.5) is 5.69 Å². The Bertz CT molecular complexity index is 512. The standard InChI is InChI=1S/C8H11N3O4S/c1-15-8-5(9)3-4-6(10-8)7(12)11-16(2,13)14/h3-4H,9H2,1-2H3,(H,11,12). The minimum Gasteiger partial charge on any atom is -0.480 e. The molecule has 0 aliphatic carbocycles. The number of rotatable bonds is 3. The molecule has 8 heteroatoms. The van der Waals surface area contributed by atoms with Gasteiger partial charge in [0.15, 0.2) is 0 Å². The number of nitrogen functional groups attached to an aromatic ring is 1. The molecule has 0 fully saturated rings. The van der Waals surface area contributed by atoms with Gasteiger partial charge in [-0.3, -0.25) is 4.79 Å². The first-order chi connectivity index (χ1) is 7.33. The van der Waals surface area contributed by atoms with Gasteiger partial charge >= 0.3 is 0 Å². The lowest BCUT2D eigenvalue weighted by atomic mass is 10.3. The molecule has 0 bridgehead atoms. The second-order valence-electron chi connectivity index (χ2n) is 3.00. The van der Waals surface area contributed by atoms with Crippen LogP contribution in [0.15, 0.2) is 12.1 Å². The lowest BCUT2D eigenvalue weighted by Crippen LogP contribution is -2.30. The van der Waals surface area contributed by atoms with Crippen molar-refractivity contribution in [3.05, 3.63) is 17.8 Å². The quantitative estimate of drug-likeness (QED) is 0.732. The predicted molar refractivity (Wildman–Crippen MR) is 57.5 cm³/mol. The third-order valence-electron chi connectivity index (χ3n) is 1.59. The zero-order chi connectivity index (χ0) is 12.3. The number of carbonyl (C=O) groups excluding carboxylic acids is 1. The van der Waals surface area contributed by atoms with Gasteiger partial charge in [0.1, 0.15) is 5.69 Å². The number of hydrogen-bond donors (Lipinski definition) is 2. The van der Waals surface area contributed by atoms with Crippen LogP contribution >= 0.6 is 0 Å². The highest BCUT2D eigenvalue weighted by atomic mass is 32.2. The third-order valence-corrected chi connectivity index (χ3v) is 2.15. The molecule has 16 heavy (non-hydrogen) atoms. The first-order valence-corrected chi connectivity index (χ1v) is 6.05. The van der Waals surface area contributed by atoms with Gasteiger partial charge < -0.3 is 10.5 Å². The molecule has 0 atom stereocenters. The number of pyridine rings is 1. The fourth-order valence-corrected chi connectivity index (χ4v) is 1.40. The van der Waals surface area contributed by atoms with Gasteiger partial charge in [0.25, 0.3) is 5.91 Å². The maximum atomic E-state index is 11.4. The van der Waals surface area contributed by atoms with Crippen LogP contribution < -0.4 is 15.2 Å². The van der Waals surface area contributed by atoms with E-state index in [1.807, 2.05) is 0 Å². The van der Waals surface area contributed by atoms with Gasteiger partial charge in [-0.1, -0.05) is 0 Å². The van der Waals surface area contributed by atoms with Gasteiger partial charge in [0, 0.05) is 0 Å². The monoisotopic (exact) mass is 245 g/mol. The number of methoxy groups -OCH3 is 1. The molecule has 3 N–H and O–H groups in total. The van der Waals surface area contributed by atoms with Crippen LogP contribution in [0, 0.1) is 0 Å². The van der Waals surface area contributed by atoms with E-state index < -0.39 is 15.9 Å². The average Bonchev–Trinajstić information content (AvgIpc) is 2.15. The zero-order valence-electron chi connectivity index (χ0n) is 8.72. The highest BCUT2D eigenvalue weighted by Crippen LogP contribution is 2.17. The second-order valence-corrected chi connectivity index (χ2v) is 4.75. The Labute approximate surface area is 92.7 Å². The van der Waals surface area contributed by atoms with Crippen LogP contribution in [-0.4, -0.2) is 32.7 Å². The third kappa shape index (κ3) is 3.09. The number of nitrogens with two attached hydrogens (primary N) is 1. The molecule has 0 aromatic carbocycles. The fourth-order valence-electron chi connectivity index (χ4n) is 0.962. The summed E-state index contributed by atoms with van der Waals surface area (Å²) in [5, 5.41) is 0. The van der Waals surface area contributed by atoms with E-state index in [1.165, 1.54) is 19.2 Å². The smallest absolute Gasteiger partial charge is 0.283 e. The Balaban J connectivity index is 3.01. The maximum Gasteiger partial charge on any atom is 0.283 e. The molecule has 0 radical (unpaired) electrons. The molecule has 0 aliphatic heterocycles. The van der Waals surface area contributed by atoms with Gasteiger partial charge in [0.05, 0.1) is 19.1 Å². The van der Waals surface area contributed by atoms with E-state index in [0.717, 1.165) is 6.26 Å². The number of anilines is 1.